The molecule has 0 atom stereocenters. The van der Waals surface area contributed by atoms with Gasteiger partial charge in [-0.25, -0.2) is 4.39 Å². The highest BCUT2D eigenvalue weighted by Gasteiger charge is 2.03. The van der Waals surface area contributed by atoms with E-state index in [4.69, 9.17) is 0 Å². The van der Waals surface area contributed by atoms with Gasteiger partial charge in [0, 0.05) is 18.0 Å². The highest BCUT2D eigenvalue weighted by atomic mass is 19.1. The Hall–Kier alpha value is -2.29. The fraction of sp³-hybridized carbons (Fsp3) is 0.0667. The summed E-state index contributed by atoms with van der Waals surface area (Å²) in [5.41, 5.74) is 2.64. The van der Waals surface area contributed by atoms with Gasteiger partial charge in [-0.05, 0) is 48.4 Å². The van der Waals surface area contributed by atoms with Crippen molar-refractivity contribution >= 4 is 11.9 Å². The second-order valence-electron chi connectivity index (χ2n) is 3.91. The molecule has 0 N–H and O–H groups in total. The average molecular weight is 241 g/mol. The Morgan fingerprint density at radius 1 is 1.22 bits per heavy atom. The van der Waals surface area contributed by atoms with E-state index >= 15 is 0 Å². The van der Waals surface area contributed by atoms with Crippen molar-refractivity contribution in [3.63, 3.8) is 0 Å². The summed E-state index contributed by atoms with van der Waals surface area (Å²) in [5, 5.41) is 0. The van der Waals surface area contributed by atoms with Crippen molar-refractivity contribution in [1.82, 2.24) is 4.98 Å². The monoisotopic (exact) mass is 241 g/mol. The number of allylic oxidation sites excluding steroid dienone is 1. The number of nitrogens with zero attached hydrogens (tertiary/aromatic N) is 1. The molecular formula is C15H12FNO. The van der Waals surface area contributed by atoms with Crippen molar-refractivity contribution in [2.24, 2.45) is 0 Å². The van der Waals surface area contributed by atoms with Gasteiger partial charge in [-0.3, -0.25) is 9.78 Å². The van der Waals surface area contributed by atoms with Crippen LogP contribution in [-0.4, -0.2) is 10.8 Å². The van der Waals surface area contributed by atoms with E-state index in [0.29, 0.717) is 0 Å². The predicted molar refractivity (Wildman–Crippen MR) is 69.3 cm³/mol. The predicted octanol–water partition coefficient (Wildman–Crippen LogP) is 3.49. The van der Waals surface area contributed by atoms with Crippen LogP contribution in [0.5, 0.6) is 0 Å². The van der Waals surface area contributed by atoms with Crippen LogP contribution >= 0.6 is 0 Å². The van der Waals surface area contributed by atoms with E-state index in [2.05, 4.69) is 4.98 Å². The van der Waals surface area contributed by atoms with Gasteiger partial charge in [0.1, 0.15) is 5.82 Å². The Morgan fingerprint density at radius 2 is 1.94 bits per heavy atom. The van der Waals surface area contributed by atoms with Crippen molar-refractivity contribution in [2.75, 3.05) is 0 Å². The zero-order valence-electron chi connectivity index (χ0n) is 9.93. The van der Waals surface area contributed by atoms with E-state index in [9.17, 15) is 9.18 Å². The van der Waals surface area contributed by atoms with Crippen molar-refractivity contribution in [3.05, 3.63) is 60.2 Å². The van der Waals surface area contributed by atoms with E-state index in [1.54, 1.807) is 30.6 Å². The molecule has 90 valence electrons. The summed E-state index contributed by atoms with van der Waals surface area (Å²) in [4.78, 5) is 15.0. The number of hydrogen-bond donors (Lipinski definition) is 0. The molecule has 0 bridgehead atoms. The molecule has 0 aliphatic heterocycles. The Kier molecular flexibility index (Phi) is 3.63. The first-order valence-electron chi connectivity index (χ1n) is 5.55. The highest BCUT2D eigenvalue weighted by molar-refractivity contribution is 5.92. The van der Waals surface area contributed by atoms with Crippen LogP contribution in [0.1, 0.15) is 12.5 Å². The van der Waals surface area contributed by atoms with Crippen LogP contribution in [-0.2, 0) is 4.79 Å². The minimum Gasteiger partial charge on any atom is -0.295 e. The van der Waals surface area contributed by atoms with Crippen molar-refractivity contribution in [1.29, 1.82) is 0 Å². The number of benzene rings is 1. The highest BCUT2D eigenvalue weighted by Crippen LogP contribution is 2.24. The maximum Gasteiger partial charge on any atom is 0.152 e. The van der Waals surface area contributed by atoms with Gasteiger partial charge in [0.15, 0.2) is 5.78 Å². The number of ketones is 1. The molecule has 2 aromatic rings. The van der Waals surface area contributed by atoms with Gasteiger partial charge in [-0.15, -0.1) is 0 Å². The summed E-state index contributed by atoms with van der Waals surface area (Å²) >= 11 is 0. The first kappa shape index (κ1) is 12.2. The third kappa shape index (κ3) is 2.88. The van der Waals surface area contributed by atoms with Crippen LogP contribution in [0.4, 0.5) is 4.39 Å². The van der Waals surface area contributed by atoms with Crippen molar-refractivity contribution in [3.8, 4) is 11.1 Å². The van der Waals surface area contributed by atoms with E-state index in [-0.39, 0.29) is 11.6 Å². The first-order chi connectivity index (χ1) is 8.66. The number of pyridine rings is 1. The summed E-state index contributed by atoms with van der Waals surface area (Å²) in [6, 6.07) is 8.07. The molecule has 0 saturated carbocycles. The van der Waals surface area contributed by atoms with Crippen LogP contribution in [0.25, 0.3) is 17.2 Å². The third-order valence-electron chi connectivity index (χ3n) is 2.50. The molecule has 2 nitrogen and oxygen atoms in total. The first-order valence-corrected chi connectivity index (χ1v) is 5.55. The molecular weight excluding hydrogens is 229 g/mol. The molecule has 2 rings (SSSR count). The fourth-order valence-corrected chi connectivity index (χ4v) is 1.64. The molecule has 0 radical (unpaired) electrons. The second-order valence-corrected chi connectivity index (χ2v) is 3.91. The summed E-state index contributed by atoms with van der Waals surface area (Å²) in [6.07, 6.45) is 6.56. The number of aromatic nitrogens is 1. The third-order valence-corrected chi connectivity index (χ3v) is 2.50. The van der Waals surface area contributed by atoms with Gasteiger partial charge in [0.2, 0.25) is 0 Å². The largest absolute Gasteiger partial charge is 0.295 e. The summed E-state index contributed by atoms with van der Waals surface area (Å²) in [6.45, 7) is 1.49. The second kappa shape index (κ2) is 5.36. The van der Waals surface area contributed by atoms with Crippen LogP contribution in [0, 0.1) is 5.82 Å². The normalized spacial score (nSPS) is 10.8. The fourth-order valence-electron chi connectivity index (χ4n) is 1.64. The lowest BCUT2D eigenvalue weighted by Crippen LogP contribution is -1.87. The molecule has 1 heterocycles. The molecule has 0 aliphatic rings. The van der Waals surface area contributed by atoms with Gasteiger partial charge < -0.3 is 0 Å². The zero-order chi connectivity index (χ0) is 13.0. The van der Waals surface area contributed by atoms with Crippen LogP contribution in [0.3, 0.4) is 0 Å². The molecule has 0 saturated heterocycles. The molecule has 0 unspecified atom stereocenters. The maximum atomic E-state index is 12.9. The minimum atomic E-state index is -0.270. The quantitative estimate of drug-likeness (QED) is 0.770. The molecule has 0 spiro atoms. The standard InChI is InChI=1S/C15H12FNO/c1-11(18)2-3-13-10-17-9-8-15(13)12-4-6-14(16)7-5-12/h2-10H,1H3/b3-2+. The van der Waals surface area contributed by atoms with Gasteiger partial charge in [0.05, 0.1) is 0 Å². The van der Waals surface area contributed by atoms with Crippen LogP contribution in [0.15, 0.2) is 48.8 Å². The maximum absolute atomic E-state index is 12.9. The molecule has 0 aliphatic carbocycles. The molecule has 0 amide bonds. The SMILES string of the molecule is CC(=O)/C=C/c1cnccc1-c1ccc(F)cc1. The van der Waals surface area contributed by atoms with E-state index in [0.717, 1.165) is 16.7 Å². The van der Waals surface area contributed by atoms with Gasteiger partial charge in [0.25, 0.3) is 0 Å². The Labute approximate surface area is 105 Å². The summed E-state index contributed by atoms with van der Waals surface area (Å²) < 4.78 is 12.9. The summed E-state index contributed by atoms with van der Waals surface area (Å²) in [7, 11) is 0. The Bertz CT molecular complexity index is 588. The smallest absolute Gasteiger partial charge is 0.152 e. The van der Waals surface area contributed by atoms with Crippen LogP contribution in [0.2, 0.25) is 0 Å². The van der Waals surface area contributed by atoms with E-state index < -0.39 is 0 Å². The molecule has 0 fully saturated rings. The zero-order valence-corrected chi connectivity index (χ0v) is 9.93. The lowest BCUT2D eigenvalue weighted by Gasteiger charge is -2.05. The molecule has 18 heavy (non-hydrogen) atoms. The number of halogens is 1. The number of carbonyl (C=O) groups is 1. The number of hydrogen-bond acceptors (Lipinski definition) is 2. The molecule has 3 heteroatoms. The number of carbonyl (C=O) groups excluding carboxylic acids is 1. The van der Waals surface area contributed by atoms with Gasteiger partial charge in [-0.1, -0.05) is 12.1 Å². The topological polar surface area (TPSA) is 30.0 Å². The lowest BCUT2D eigenvalue weighted by molar-refractivity contribution is -0.112. The van der Waals surface area contributed by atoms with Crippen LogP contribution < -0.4 is 0 Å². The van der Waals surface area contributed by atoms with Gasteiger partial charge >= 0.3 is 0 Å². The molecule has 1 aromatic heterocycles. The average Bonchev–Trinajstić information content (AvgIpc) is 2.38. The summed E-state index contributed by atoms with van der Waals surface area (Å²) in [5.74, 6) is -0.294. The van der Waals surface area contributed by atoms with E-state index in [1.807, 2.05) is 6.07 Å². The lowest BCUT2D eigenvalue weighted by atomic mass is 10.0. The number of rotatable bonds is 3. The minimum absolute atomic E-state index is 0.0242. The molecule has 1 aromatic carbocycles. The van der Waals surface area contributed by atoms with Crippen molar-refractivity contribution < 1.29 is 9.18 Å². The Morgan fingerprint density at radius 3 is 2.61 bits per heavy atom. The van der Waals surface area contributed by atoms with E-state index in [1.165, 1.54) is 25.1 Å². The van der Waals surface area contributed by atoms with Crippen molar-refractivity contribution in [2.45, 2.75) is 6.92 Å². The van der Waals surface area contributed by atoms with Gasteiger partial charge in [-0.2, -0.15) is 0 Å². The Balaban J connectivity index is 2.44.